The molecule has 0 fully saturated rings. The van der Waals surface area contributed by atoms with Crippen LogP contribution in [0.2, 0.25) is 0 Å². The molecular weight excluding hydrogens is 318 g/mol. The lowest BCUT2D eigenvalue weighted by Crippen LogP contribution is -2.32. The molecule has 0 aliphatic heterocycles. The minimum Gasteiger partial charge on any atom is -0.437 e. The molecule has 0 aliphatic rings. The van der Waals surface area contributed by atoms with Crippen LogP contribution in [0.3, 0.4) is 0 Å². The summed E-state index contributed by atoms with van der Waals surface area (Å²) in [6.45, 7) is 2.51. The summed E-state index contributed by atoms with van der Waals surface area (Å²) < 4.78 is 9.03. The van der Waals surface area contributed by atoms with Crippen LogP contribution in [0.15, 0.2) is 0 Å². The maximum atomic E-state index is 11.2. The van der Waals surface area contributed by atoms with Gasteiger partial charge in [-0.25, -0.2) is 9.59 Å². The highest BCUT2D eigenvalue weighted by molar-refractivity contribution is 7.53. The van der Waals surface area contributed by atoms with Crippen LogP contribution < -0.4 is 0 Å². The summed E-state index contributed by atoms with van der Waals surface area (Å²) in [6.07, 6.45) is -1.37. The molecule has 12 heteroatoms. The zero-order valence-electron chi connectivity index (χ0n) is 10.6. The van der Waals surface area contributed by atoms with Crippen molar-refractivity contribution >= 4 is 28.2 Å². The summed E-state index contributed by atoms with van der Waals surface area (Å²) in [5, 5.41) is 51.9. The van der Waals surface area contributed by atoms with Crippen molar-refractivity contribution in [1.29, 1.82) is 0 Å². The quantitative estimate of drug-likeness (QED) is 0.171. The average Bonchev–Trinajstić information content (AvgIpc) is 2.10. The Kier molecular flexibility index (Phi) is 7.37. The van der Waals surface area contributed by atoms with Gasteiger partial charge < -0.3 is 39.7 Å². The molecule has 6 N–H and O–H groups in total. The van der Waals surface area contributed by atoms with E-state index in [9.17, 15) is 9.59 Å². The van der Waals surface area contributed by atoms with Crippen molar-refractivity contribution in [3.8, 4) is 0 Å². The molecule has 118 valence electrons. The first-order valence-corrected chi connectivity index (χ1v) is 8.79. The van der Waals surface area contributed by atoms with Crippen molar-refractivity contribution in [3.05, 3.63) is 0 Å². The smallest absolute Gasteiger partial charge is 0.420 e. The first kappa shape index (κ1) is 19.6. The summed E-state index contributed by atoms with van der Waals surface area (Å²) >= 11 is 0. The van der Waals surface area contributed by atoms with E-state index in [1.165, 1.54) is 13.3 Å². The first-order valence-electron chi connectivity index (χ1n) is 5.01. The van der Waals surface area contributed by atoms with Crippen molar-refractivity contribution in [1.82, 2.24) is 0 Å². The number of rotatable bonds is 6. The zero-order valence-corrected chi connectivity index (χ0v) is 12.4. The number of carbonyl (C=O) groups excluding carboxylic acids is 2. The molecule has 0 aromatic heterocycles. The van der Waals surface area contributed by atoms with Gasteiger partial charge in [0.1, 0.15) is 0 Å². The number of carbonyl (C=O) groups is 2. The van der Waals surface area contributed by atoms with E-state index in [0.717, 1.165) is 0 Å². The fraction of sp³-hybridized carbons (Fsp3) is 0.750. The van der Waals surface area contributed by atoms with Gasteiger partial charge in [0.15, 0.2) is 0 Å². The molecule has 2 atom stereocenters. The second-order valence-corrected chi connectivity index (χ2v) is 7.39. The second-order valence-electron chi connectivity index (χ2n) is 3.88. The summed E-state index contributed by atoms with van der Waals surface area (Å²) in [7, 11) is -3.67. The van der Waals surface area contributed by atoms with Gasteiger partial charge in [-0.3, -0.25) is 0 Å². The van der Waals surface area contributed by atoms with Crippen molar-refractivity contribution < 1.29 is 49.3 Å². The van der Waals surface area contributed by atoms with Gasteiger partial charge in [0.2, 0.25) is 0 Å². The largest absolute Gasteiger partial charge is 0.437 e. The summed E-state index contributed by atoms with van der Waals surface area (Å²) in [5.74, 6) is -8.91. The molecule has 2 unspecified atom stereocenters. The van der Waals surface area contributed by atoms with Crippen molar-refractivity contribution in [3.63, 3.8) is 0 Å². The molecule has 10 nitrogen and oxygen atoms in total. The van der Waals surface area contributed by atoms with Crippen LogP contribution in [0.1, 0.15) is 0 Å². The van der Waals surface area contributed by atoms with Gasteiger partial charge in [0, 0.05) is 0 Å². The van der Waals surface area contributed by atoms with E-state index in [2.05, 4.69) is 9.05 Å². The van der Waals surface area contributed by atoms with Gasteiger partial charge in [-0.2, -0.15) is 0 Å². The minimum atomic E-state index is -3.02. The normalized spacial score (nSPS) is 15.4. The second kappa shape index (κ2) is 7.53. The lowest BCUT2D eigenvalue weighted by atomic mass is 10.7. The zero-order chi connectivity index (χ0) is 16.1. The Morgan fingerprint density at radius 3 is 1.25 bits per heavy atom. The maximum absolute atomic E-state index is 11.2. The van der Waals surface area contributed by atoms with Gasteiger partial charge in [0.05, 0.1) is 28.6 Å². The van der Waals surface area contributed by atoms with Crippen molar-refractivity contribution in [2.75, 3.05) is 25.7 Å². The van der Waals surface area contributed by atoms with Gasteiger partial charge >= 0.3 is 11.9 Å². The van der Waals surface area contributed by atoms with Gasteiger partial charge in [-0.1, -0.05) is 0 Å². The fourth-order valence-electron chi connectivity index (χ4n) is 1.02. The van der Waals surface area contributed by atoms with Crippen LogP contribution in [0.4, 0.5) is 0 Å². The molecule has 0 heterocycles. The third-order valence-corrected chi connectivity index (χ3v) is 4.21. The summed E-state index contributed by atoms with van der Waals surface area (Å²) in [5.41, 5.74) is 0. The van der Waals surface area contributed by atoms with Gasteiger partial charge in [0.25, 0.3) is 11.9 Å². The Balaban J connectivity index is 4.26. The Labute approximate surface area is 116 Å². The Bertz CT molecular complexity index is 312. The average molecular weight is 334 g/mol. The minimum absolute atomic E-state index is 0.685. The standard InChI is InChI=1S/C8H16O10P2/c1-19(3-7(11,12)13)17-5(9)6(10)18-20(2)4-8(14,15)16/h11-16H,3-4H2,1-2H3. The van der Waals surface area contributed by atoms with Crippen LogP contribution in [-0.2, 0) is 18.6 Å². The molecule has 0 bridgehead atoms. The molecule has 0 radical (unpaired) electrons. The van der Waals surface area contributed by atoms with Crippen LogP contribution >= 0.6 is 16.3 Å². The van der Waals surface area contributed by atoms with E-state index in [0.29, 0.717) is 0 Å². The molecule has 0 rings (SSSR count). The highest BCUT2D eigenvalue weighted by atomic mass is 31.1. The Morgan fingerprint density at radius 2 is 1.05 bits per heavy atom. The molecule has 0 spiro atoms. The lowest BCUT2D eigenvalue weighted by molar-refractivity contribution is -0.295. The van der Waals surface area contributed by atoms with Crippen molar-refractivity contribution in [2.24, 2.45) is 0 Å². The molecule has 20 heavy (non-hydrogen) atoms. The number of aliphatic hydroxyl groups is 6. The van der Waals surface area contributed by atoms with Crippen LogP contribution in [0.5, 0.6) is 0 Å². The van der Waals surface area contributed by atoms with E-state index in [1.807, 2.05) is 0 Å². The molecule has 0 saturated carbocycles. The highest BCUT2D eigenvalue weighted by Gasteiger charge is 2.30. The predicted octanol–water partition coefficient (Wildman–Crippen LogP) is -2.61. The maximum Gasteiger partial charge on any atom is 0.420 e. The molecule has 0 amide bonds. The predicted molar refractivity (Wildman–Crippen MR) is 66.4 cm³/mol. The van der Waals surface area contributed by atoms with E-state index >= 15 is 0 Å². The Morgan fingerprint density at radius 1 is 0.800 bits per heavy atom. The van der Waals surface area contributed by atoms with Crippen LogP contribution in [0, 0.1) is 0 Å². The number of hydrogen-bond acceptors (Lipinski definition) is 10. The third kappa shape index (κ3) is 10.4. The van der Waals surface area contributed by atoms with Gasteiger partial charge in [-0.15, -0.1) is 0 Å². The molecule has 0 aliphatic carbocycles. The molecule has 0 aromatic rings. The third-order valence-electron chi connectivity index (χ3n) is 1.51. The molecule has 0 saturated heterocycles. The topological polar surface area (TPSA) is 174 Å². The lowest BCUT2D eigenvalue weighted by Gasteiger charge is -2.20. The Hall–Kier alpha value is -0.440. The van der Waals surface area contributed by atoms with E-state index in [-0.39, 0.29) is 0 Å². The van der Waals surface area contributed by atoms with E-state index in [4.69, 9.17) is 30.6 Å². The van der Waals surface area contributed by atoms with E-state index in [1.54, 1.807) is 0 Å². The SMILES string of the molecule is CP(CC(O)(O)O)OC(=O)C(=O)OP(C)CC(O)(O)O. The van der Waals surface area contributed by atoms with Crippen molar-refractivity contribution in [2.45, 2.75) is 11.9 Å². The summed E-state index contributed by atoms with van der Waals surface area (Å²) in [6, 6.07) is 0. The molecular formula is C8H16O10P2. The van der Waals surface area contributed by atoms with Crippen LogP contribution in [0.25, 0.3) is 0 Å². The first-order chi connectivity index (χ1) is 8.80. The fourth-order valence-corrected chi connectivity index (χ4v) is 3.06. The number of hydrogen-bond donors (Lipinski definition) is 6. The highest BCUT2D eigenvalue weighted by Crippen LogP contribution is 2.37. The molecule has 0 aromatic carbocycles. The van der Waals surface area contributed by atoms with E-state index < -0.39 is 52.5 Å². The van der Waals surface area contributed by atoms with Gasteiger partial charge in [-0.05, 0) is 13.3 Å². The summed E-state index contributed by atoms with van der Waals surface area (Å²) in [4.78, 5) is 22.5. The van der Waals surface area contributed by atoms with Crippen LogP contribution in [-0.4, -0.2) is 80.2 Å². The monoisotopic (exact) mass is 334 g/mol.